The Bertz CT molecular complexity index is 485. The van der Waals surface area contributed by atoms with Crippen LogP contribution in [-0.2, 0) is 6.54 Å². The van der Waals surface area contributed by atoms with E-state index in [1.165, 1.54) is 5.56 Å². The molecule has 2 rings (SSSR count). The van der Waals surface area contributed by atoms with Gasteiger partial charge in [-0.15, -0.1) is 0 Å². The third-order valence-corrected chi connectivity index (χ3v) is 3.55. The van der Waals surface area contributed by atoms with E-state index in [4.69, 9.17) is 4.74 Å². The van der Waals surface area contributed by atoms with Crippen molar-refractivity contribution in [2.24, 2.45) is 0 Å². The normalized spacial score (nSPS) is 12.3. The van der Waals surface area contributed by atoms with Crippen LogP contribution in [0.5, 0.6) is 5.75 Å². The second-order valence-electron chi connectivity index (χ2n) is 4.49. The van der Waals surface area contributed by atoms with E-state index in [0.29, 0.717) is 13.2 Å². The highest BCUT2D eigenvalue weighted by atomic mass is 32.1. The highest BCUT2D eigenvalue weighted by Crippen LogP contribution is 2.16. The maximum Gasteiger partial charge on any atom is 0.122 e. The van der Waals surface area contributed by atoms with Crippen molar-refractivity contribution in [2.45, 2.75) is 19.6 Å². The lowest BCUT2D eigenvalue weighted by Crippen LogP contribution is -2.31. The van der Waals surface area contributed by atoms with Gasteiger partial charge < -0.3 is 15.2 Å². The smallest absolute Gasteiger partial charge is 0.122 e. The minimum atomic E-state index is -0.502. The van der Waals surface area contributed by atoms with Crippen LogP contribution in [0.3, 0.4) is 0 Å². The molecule has 2 aromatic rings. The van der Waals surface area contributed by atoms with E-state index >= 15 is 0 Å². The number of aryl methyl sites for hydroxylation is 1. The van der Waals surface area contributed by atoms with Gasteiger partial charge in [0.25, 0.3) is 0 Å². The molecule has 0 saturated heterocycles. The van der Waals surface area contributed by atoms with Gasteiger partial charge >= 0.3 is 0 Å². The first-order valence-corrected chi connectivity index (χ1v) is 7.28. The first kappa shape index (κ1) is 14.1. The molecule has 0 spiro atoms. The lowest BCUT2D eigenvalue weighted by atomic mass is 10.2. The molecule has 0 aliphatic carbocycles. The van der Waals surface area contributed by atoms with Crippen molar-refractivity contribution in [1.82, 2.24) is 5.32 Å². The summed E-state index contributed by atoms with van der Waals surface area (Å²) in [6.45, 7) is 3.62. The number of hydrogen-bond acceptors (Lipinski definition) is 4. The van der Waals surface area contributed by atoms with E-state index in [2.05, 4.69) is 22.1 Å². The molecule has 1 unspecified atom stereocenters. The molecule has 3 nitrogen and oxygen atoms in total. The highest BCUT2D eigenvalue weighted by Gasteiger charge is 2.06. The first-order chi connectivity index (χ1) is 9.25. The van der Waals surface area contributed by atoms with Crippen molar-refractivity contribution in [3.8, 4) is 5.75 Å². The lowest BCUT2D eigenvalue weighted by molar-refractivity contribution is 0.106. The minimum absolute atomic E-state index is 0.307. The second-order valence-corrected chi connectivity index (χ2v) is 5.27. The molecule has 1 aromatic carbocycles. The summed E-state index contributed by atoms with van der Waals surface area (Å²) in [5, 5.41) is 17.2. The Morgan fingerprint density at radius 2 is 2.16 bits per heavy atom. The zero-order valence-electron chi connectivity index (χ0n) is 11.0. The van der Waals surface area contributed by atoms with Crippen LogP contribution in [0.25, 0.3) is 0 Å². The van der Waals surface area contributed by atoms with E-state index in [9.17, 15) is 5.11 Å². The molecular formula is C15H19NO2S. The van der Waals surface area contributed by atoms with Crippen LogP contribution in [0.1, 0.15) is 11.1 Å². The third kappa shape index (κ3) is 4.67. The number of rotatable bonds is 7. The fourth-order valence-electron chi connectivity index (χ4n) is 1.74. The van der Waals surface area contributed by atoms with E-state index in [0.717, 1.165) is 17.9 Å². The van der Waals surface area contributed by atoms with Crippen LogP contribution >= 0.6 is 11.3 Å². The Balaban J connectivity index is 1.67. The number of nitrogens with one attached hydrogen (secondary N) is 1. The van der Waals surface area contributed by atoms with Crippen LogP contribution in [-0.4, -0.2) is 24.4 Å². The maximum absolute atomic E-state index is 9.85. The van der Waals surface area contributed by atoms with Crippen LogP contribution in [0, 0.1) is 6.92 Å². The summed E-state index contributed by atoms with van der Waals surface area (Å²) in [6.07, 6.45) is -0.502. The highest BCUT2D eigenvalue weighted by molar-refractivity contribution is 7.07. The molecular weight excluding hydrogens is 258 g/mol. The average Bonchev–Trinajstić information content (AvgIpc) is 2.91. The topological polar surface area (TPSA) is 41.5 Å². The van der Waals surface area contributed by atoms with Gasteiger partial charge in [0, 0.05) is 13.1 Å². The number of aliphatic hydroxyl groups is 1. The summed E-state index contributed by atoms with van der Waals surface area (Å²) in [4.78, 5) is 0. The first-order valence-electron chi connectivity index (χ1n) is 6.34. The third-order valence-electron chi connectivity index (χ3n) is 2.81. The van der Waals surface area contributed by atoms with Gasteiger partial charge in [0.05, 0.1) is 0 Å². The lowest BCUT2D eigenvalue weighted by Gasteiger charge is -2.14. The molecule has 1 aromatic heterocycles. The molecule has 1 atom stereocenters. The second kappa shape index (κ2) is 7.28. The number of aliphatic hydroxyl groups excluding tert-OH is 1. The Hall–Kier alpha value is -1.36. The van der Waals surface area contributed by atoms with Gasteiger partial charge in [0.1, 0.15) is 18.5 Å². The molecule has 4 heteroatoms. The Kier molecular flexibility index (Phi) is 5.39. The minimum Gasteiger partial charge on any atom is -0.491 e. The maximum atomic E-state index is 9.85. The predicted octanol–water partition coefficient (Wildman–Crippen LogP) is 2.59. The van der Waals surface area contributed by atoms with Crippen LogP contribution in [0.15, 0.2) is 41.1 Å². The van der Waals surface area contributed by atoms with Gasteiger partial charge in [-0.1, -0.05) is 18.2 Å². The van der Waals surface area contributed by atoms with Gasteiger partial charge in [0.15, 0.2) is 0 Å². The molecule has 102 valence electrons. The number of para-hydroxylation sites is 1. The van der Waals surface area contributed by atoms with Crippen molar-refractivity contribution >= 4 is 11.3 Å². The molecule has 0 bridgehead atoms. The van der Waals surface area contributed by atoms with Crippen LogP contribution < -0.4 is 10.1 Å². The molecule has 0 aliphatic rings. The largest absolute Gasteiger partial charge is 0.491 e. The van der Waals surface area contributed by atoms with Crippen molar-refractivity contribution < 1.29 is 9.84 Å². The summed E-state index contributed by atoms with van der Waals surface area (Å²) in [5.41, 5.74) is 2.33. The molecule has 2 N–H and O–H groups in total. The molecule has 1 heterocycles. The Morgan fingerprint density at radius 1 is 1.32 bits per heavy atom. The number of benzene rings is 1. The molecule has 0 aliphatic heterocycles. The van der Waals surface area contributed by atoms with Gasteiger partial charge in [0.2, 0.25) is 0 Å². The van der Waals surface area contributed by atoms with E-state index < -0.39 is 6.10 Å². The van der Waals surface area contributed by atoms with Crippen LogP contribution in [0.2, 0.25) is 0 Å². The average molecular weight is 277 g/mol. The standard InChI is InChI=1S/C15H19NO2S/c1-12-4-2-3-5-15(12)18-10-14(17)9-16-8-13-6-7-19-11-13/h2-7,11,14,16-17H,8-10H2,1H3. The van der Waals surface area contributed by atoms with Crippen molar-refractivity contribution in [3.63, 3.8) is 0 Å². The molecule has 0 fully saturated rings. The number of thiophene rings is 1. The van der Waals surface area contributed by atoms with Crippen molar-refractivity contribution in [3.05, 3.63) is 52.2 Å². The summed E-state index contributed by atoms with van der Waals surface area (Å²) in [6, 6.07) is 9.90. The summed E-state index contributed by atoms with van der Waals surface area (Å²) in [7, 11) is 0. The van der Waals surface area contributed by atoms with E-state index in [1.807, 2.05) is 31.2 Å². The van der Waals surface area contributed by atoms with Gasteiger partial charge in [-0.25, -0.2) is 0 Å². The zero-order valence-corrected chi connectivity index (χ0v) is 11.8. The van der Waals surface area contributed by atoms with Crippen LogP contribution in [0.4, 0.5) is 0 Å². The molecule has 0 amide bonds. The van der Waals surface area contributed by atoms with E-state index in [-0.39, 0.29) is 0 Å². The summed E-state index contributed by atoms with van der Waals surface area (Å²) < 4.78 is 5.60. The molecule has 0 radical (unpaired) electrons. The van der Waals surface area contributed by atoms with Gasteiger partial charge in [-0.05, 0) is 40.9 Å². The summed E-state index contributed by atoms with van der Waals surface area (Å²) >= 11 is 1.68. The number of ether oxygens (including phenoxy) is 1. The predicted molar refractivity (Wildman–Crippen MR) is 78.7 cm³/mol. The SMILES string of the molecule is Cc1ccccc1OCC(O)CNCc1ccsc1. The fourth-order valence-corrected chi connectivity index (χ4v) is 2.41. The van der Waals surface area contributed by atoms with Crippen molar-refractivity contribution in [2.75, 3.05) is 13.2 Å². The molecule has 19 heavy (non-hydrogen) atoms. The summed E-state index contributed by atoms with van der Waals surface area (Å²) in [5.74, 6) is 0.833. The number of hydrogen-bond donors (Lipinski definition) is 2. The monoisotopic (exact) mass is 277 g/mol. The Labute approximate surface area is 117 Å². The molecule has 0 saturated carbocycles. The quantitative estimate of drug-likeness (QED) is 0.817. The van der Waals surface area contributed by atoms with Gasteiger partial charge in [-0.2, -0.15) is 11.3 Å². The fraction of sp³-hybridized carbons (Fsp3) is 0.333. The van der Waals surface area contributed by atoms with E-state index in [1.54, 1.807) is 11.3 Å². The van der Waals surface area contributed by atoms with Crippen molar-refractivity contribution in [1.29, 1.82) is 0 Å². The zero-order chi connectivity index (χ0) is 13.5. The van der Waals surface area contributed by atoms with Gasteiger partial charge in [-0.3, -0.25) is 0 Å². The Morgan fingerprint density at radius 3 is 2.89 bits per heavy atom.